The van der Waals surface area contributed by atoms with Gasteiger partial charge in [-0.1, -0.05) is 25.6 Å². The van der Waals surface area contributed by atoms with Crippen molar-refractivity contribution in [2.24, 2.45) is 13.0 Å². The molecule has 1 aromatic heterocycles. The molecule has 2 rings (SSSR count). The summed E-state index contributed by atoms with van der Waals surface area (Å²) in [7, 11) is 1.79. The van der Waals surface area contributed by atoms with Crippen molar-refractivity contribution >= 4 is 23.4 Å². The first kappa shape index (κ1) is 20.7. The zero-order chi connectivity index (χ0) is 20.0. The van der Waals surface area contributed by atoms with Crippen LogP contribution in [0.1, 0.15) is 26.6 Å². The molecule has 0 unspecified atom stereocenters. The highest BCUT2D eigenvalue weighted by molar-refractivity contribution is 8.00. The summed E-state index contributed by atoms with van der Waals surface area (Å²) in [5.74, 6) is 0.862. The monoisotopic (exact) mass is 394 g/mol. The predicted octanol–water partition coefficient (Wildman–Crippen LogP) is 2.98. The summed E-state index contributed by atoms with van der Waals surface area (Å²) in [5, 5.41) is 19.1. The van der Waals surface area contributed by atoms with Gasteiger partial charge in [0.25, 0.3) is 5.69 Å². The SMILES string of the molecule is CCOC(=O)[C@@H](Sc1nnc(COc2ccc([N+](=O)[O-])cc2)n1C)C(C)C. The molecule has 0 aliphatic carbocycles. The van der Waals surface area contributed by atoms with Crippen molar-refractivity contribution < 1.29 is 19.2 Å². The molecule has 2 aromatic rings. The summed E-state index contributed by atoms with van der Waals surface area (Å²) in [6.07, 6.45) is 0. The molecule has 0 spiro atoms. The largest absolute Gasteiger partial charge is 0.486 e. The lowest BCUT2D eigenvalue weighted by Crippen LogP contribution is -2.26. The van der Waals surface area contributed by atoms with Gasteiger partial charge in [0.05, 0.1) is 11.5 Å². The van der Waals surface area contributed by atoms with E-state index in [1.165, 1.54) is 36.0 Å². The zero-order valence-corrected chi connectivity index (χ0v) is 16.4. The van der Waals surface area contributed by atoms with Crippen LogP contribution in [0.3, 0.4) is 0 Å². The summed E-state index contributed by atoms with van der Waals surface area (Å²) in [5.41, 5.74) is -0.00149. The minimum atomic E-state index is -0.468. The Balaban J connectivity index is 2.03. The number of hydrogen-bond donors (Lipinski definition) is 0. The van der Waals surface area contributed by atoms with Crippen molar-refractivity contribution in [3.05, 3.63) is 40.2 Å². The van der Waals surface area contributed by atoms with Gasteiger partial charge in [-0.3, -0.25) is 14.9 Å². The Hall–Kier alpha value is -2.62. The Morgan fingerprint density at radius 1 is 1.30 bits per heavy atom. The second kappa shape index (κ2) is 9.36. The lowest BCUT2D eigenvalue weighted by Gasteiger charge is -2.17. The second-order valence-corrected chi connectivity index (χ2v) is 7.14. The normalized spacial score (nSPS) is 12.0. The van der Waals surface area contributed by atoms with Crippen LogP contribution in [0.25, 0.3) is 0 Å². The lowest BCUT2D eigenvalue weighted by molar-refractivity contribution is -0.384. The number of hydrogen-bond acceptors (Lipinski definition) is 8. The number of nitro groups is 1. The van der Waals surface area contributed by atoms with Crippen molar-refractivity contribution in [3.63, 3.8) is 0 Å². The molecule has 0 saturated heterocycles. The van der Waals surface area contributed by atoms with E-state index in [0.29, 0.717) is 23.3 Å². The first-order valence-electron chi connectivity index (χ1n) is 8.42. The van der Waals surface area contributed by atoms with E-state index in [9.17, 15) is 14.9 Å². The molecule has 0 saturated carbocycles. The molecule has 1 aromatic carbocycles. The fourth-order valence-electron chi connectivity index (χ4n) is 2.18. The minimum Gasteiger partial charge on any atom is -0.486 e. The number of carbonyl (C=O) groups is 1. The Morgan fingerprint density at radius 2 is 1.96 bits per heavy atom. The Labute approximate surface area is 161 Å². The van der Waals surface area contributed by atoms with Gasteiger partial charge in [-0.25, -0.2) is 0 Å². The zero-order valence-electron chi connectivity index (χ0n) is 15.6. The number of rotatable bonds is 9. The van der Waals surface area contributed by atoms with Gasteiger partial charge in [-0.05, 0) is 25.0 Å². The van der Waals surface area contributed by atoms with Crippen LogP contribution in [0.5, 0.6) is 5.75 Å². The smallest absolute Gasteiger partial charge is 0.319 e. The molecule has 0 aliphatic rings. The number of nitro benzene ring substituents is 1. The Bertz CT molecular complexity index is 791. The van der Waals surface area contributed by atoms with E-state index in [1.54, 1.807) is 18.5 Å². The van der Waals surface area contributed by atoms with Crippen LogP contribution < -0.4 is 4.74 Å². The average molecular weight is 394 g/mol. The molecule has 0 N–H and O–H groups in total. The highest BCUT2D eigenvalue weighted by Gasteiger charge is 2.27. The Kier molecular flexibility index (Phi) is 7.17. The summed E-state index contributed by atoms with van der Waals surface area (Å²) < 4.78 is 12.5. The molecule has 0 aliphatic heterocycles. The summed E-state index contributed by atoms with van der Waals surface area (Å²) in [6.45, 7) is 6.15. The van der Waals surface area contributed by atoms with E-state index in [2.05, 4.69) is 10.2 Å². The summed E-state index contributed by atoms with van der Waals surface area (Å²) >= 11 is 1.30. The molecule has 0 amide bonds. The van der Waals surface area contributed by atoms with Crippen molar-refractivity contribution in [2.75, 3.05) is 6.61 Å². The van der Waals surface area contributed by atoms with Crippen LogP contribution in [0.15, 0.2) is 29.4 Å². The molecule has 0 fully saturated rings. The number of benzene rings is 1. The first-order valence-corrected chi connectivity index (χ1v) is 9.30. The summed E-state index contributed by atoms with van der Waals surface area (Å²) in [4.78, 5) is 22.3. The van der Waals surface area contributed by atoms with Gasteiger partial charge < -0.3 is 14.0 Å². The highest BCUT2D eigenvalue weighted by Crippen LogP contribution is 2.28. The van der Waals surface area contributed by atoms with Gasteiger partial charge in [-0.15, -0.1) is 10.2 Å². The number of thioether (sulfide) groups is 1. The number of nitrogens with zero attached hydrogens (tertiary/aromatic N) is 4. The van der Waals surface area contributed by atoms with Crippen molar-refractivity contribution in [1.82, 2.24) is 14.8 Å². The van der Waals surface area contributed by atoms with Crippen LogP contribution >= 0.6 is 11.8 Å². The topological polar surface area (TPSA) is 109 Å². The molecule has 0 bridgehead atoms. The maximum absolute atomic E-state index is 12.1. The van der Waals surface area contributed by atoms with Gasteiger partial charge in [0.15, 0.2) is 11.0 Å². The van der Waals surface area contributed by atoms with Gasteiger partial charge >= 0.3 is 5.97 Å². The van der Waals surface area contributed by atoms with Crippen LogP contribution in [0.2, 0.25) is 0 Å². The van der Waals surface area contributed by atoms with Gasteiger partial charge in [0.1, 0.15) is 17.6 Å². The van der Waals surface area contributed by atoms with Crippen LogP contribution in [0.4, 0.5) is 5.69 Å². The van der Waals surface area contributed by atoms with Crippen molar-refractivity contribution in [1.29, 1.82) is 0 Å². The van der Waals surface area contributed by atoms with E-state index in [1.807, 2.05) is 13.8 Å². The molecule has 1 heterocycles. The van der Waals surface area contributed by atoms with E-state index in [0.717, 1.165) is 0 Å². The fraction of sp³-hybridized carbons (Fsp3) is 0.471. The summed E-state index contributed by atoms with van der Waals surface area (Å²) in [6, 6.07) is 5.80. The second-order valence-electron chi connectivity index (χ2n) is 6.03. The molecule has 1 atom stereocenters. The third-order valence-electron chi connectivity index (χ3n) is 3.70. The molecular formula is C17H22N4O5S. The fourth-order valence-corrected chi connectivity index (χ4v) is 3.19. The quantitative estimate of drug-likeness (QED) is 0.276. The minimum absolute atomic E-state index is 0.00149. The molecule has 27 heavy (non-hydrogen) atoms. The van der Waals surface area contributed by atoms with E-state index in [4.69, 9.17) is 9.47 Å². The maximum Gasteiger partial charge on any atom is 0.319 e. The molecule has 10 heteroatoms. The molecule has 9 nitrogen and oxygen atoms in total. The van der Waals surface area contributed by atoms with Crippen molar-refractivity contribution in [2.45, 2.75) is 37.8 Å². The van der Waals surface area contributed by atoms with Crippen LogP contribution in [-0.4, -0.2) is 37.5 Å². The number of esters is 1. The molecule has 146 valence electrons. The predicted molar refractivity (Wildman–Crippen MR) is 99.5 cm³/mol. The van der Waals surface area contributed by atoms with E-state index in [-0.39, 0.29) is 29.4 Å². The van der Waals surface area contributed by atoms with Gasteiger partial charge in [-0.2, -0.15) is 0 Å². The van der Waals surface area contributed by atoms with Crippen molar-refractivity contribution in [3.8, 4) is 5.75 Å². The third kappa shape index (κ3) is 5.43. The van der Waals surface area contributed by atoms with Crippen LogP contribution in [0, 0.1) is 16.0 Å². The highest BCUT2D eigenvalue weighted by atomic mass is 32.2. The molecular weight excluding hydrogens is 372 g/mol. The number of ether oxygens (including phenoxy) is 2. The van der Waals surface area contributed by atoms with E-state index < -0.39 is 4.92 Å². The number of non-ortho nitro benzene ring substituents is 1. The van der Waals surface area contributed by atoms with E-state index >= 15 is 0 Å². The molecule has 0 radical (unpaired) electrons. The third-order valence-corrected chi connectivity index (χ3v) is 5.25. The maximum atomic E-state index is 12.1. The van der Waals surface area contributed by atoms with Gasteiger partial charge in [0.2, 0.25) is 0 Å². The number of carbonyl (C=O) groups excluding carboxylic acids is 1. The Morgan fingerprint density at radius 3 is 2.52 bits per heavy atom. The standard InChI is InChI=1S/C17H22N4O5S/c1-5-25-16(22)15(11(2)3)27-17-19-18-14(20(17)4)10-26-13-8-6-12(7-9-13)21(23)24/h6-9,11,15H,5,10H2,1-4H3/t15-/m0/s1. The van der Waals surface area contributed by atoms with Gasteiger partial charge in [0, 0.05) is 19.2 Å². The van der Waals surface area contributed by atoms with Crippen LogP contribution in [-0.2, 0) is 23.2 Å². The average Bonchev–Trinajstić information content (AvgIpc) is 2.97. The first-order chi connectivity index (χ1) is 12.8. The lowest BCUT2D eigenvalue weighted by atomic mass is 10.1. The number of aromatic nitrogens is 3.